The van der Waals surface area contributed by atoms with E-state index < -0.39 is 182 Å². The monoisotopic (exact) mass is 620 g/mol. The first-order valence-electron chi connectivity index (χ1n) is 25.3. The van der Waals surface area contributed by atoms with Gasteiger partial charge in [-0.15, -0.1) is 0 Å². The van der Waals surface area contributed by atoms with E-state index in [9.17, 15) is 8.22 Å². The smallest absolute Gasteiger partial charge is 0.143 e. The van der Waals surface area contributed by atoms with Crippen molar-refractivity contribution in [1.29, 1.82) is 0 Å². The van der Waals surface area contributed by atoms with E-state index in [2.05, 4.69) is 0 Å². The number of rotatable bonds is 5. The summed E-state index contributed by atoms with van der Waals surface area (Å²) in [5.74, 6) is -0.484. The van der Waals surface area contributed by atoms with Crippen molar-refractivity contribution in [3.63, 3.8) is 0 Å². The Bertz CT molecular complexity index is 3670. The highest BCUT2D eigenvalue weighted by molar-refractivity contribution is 6.25. The maximum atomic E-state index is 9.66. The fraction of sp³-hybridized carbons (Fsp3) is 0. The minimum atomic E-state index is -0.868. The summed E-state index contributed by atoms with van der Waals surface area (Å²) in [5.41, 5.74) is -2.67. The number of hydrogen-bond acceptors (Lipinski definition) is 1. The van der Waals surface area contributed by atoms with Gasteiger partial charge in [-0.1, -0.05) is 163 Å². The first kappa shape index (κ1) is 12.9. The molecule has 0 N–H and O–H groups in total. The minimum absolute atomic E-state index is 0.00583. The first-order valence-corrected chi connectivity index (χ1v) is 14.3. The van der Waals surface area contributed by atoms with Crippen LogP contribution >= 0.6 is 0 Å². The summed E-state index contributed by atoms with van der Waals surface area (Å²) in [5, 5.41) is -2.16. The molecule has 0 bridgehead atoms. The van der Waals surface area contributed by atoms with Gasteiger partial charge in [0.15, 0.2) is 0 Å². The predicted octanol–water partition coefficient (Wildman–Crippen LogP) is 13.1. The molecule has 9 aromatic rings. The quantitative estimate of drug-likeness (QED) is 0.174. The van der Waals surface area contributed by atoms with Crippen LogP contribution in [-0.2, 0) is 0 Å². The van der Waals surface area contributed by atoms with Gasteiger partial charge in [0, 0.05) is 22.1 Å². The van der Waals surface area contributed by atoms with Gasteiger partial charge in [-0.25, -0.2) is 0 Å². The van der Waals surface area contributed by atoms with E-state index in [1.165, 1.54) is 18.2 Å². The van der Waals surface area contributed by atoms with Gasteiger partial charge in [-0.3, -0.25) is 0 Å². The Morgan fingerprint density at radius 3 is 1.57 bits per heavy atom. The lowest BCUT2D eigenvalue weighted by Crippen LogP contribution is -1.91. The maximum absolute atomic E-state index is 9.66. The van der Waals surface area contributed by atoms with Crippen LogP contribution < -0.4 is 0 Å². The molecular weight excluding hydrogens is 569 g/mol. The lowest BCUT2D eigenvalue weighted by molar-refractivity contribution is 0.632. The highest BCUT2D eigenvalue weighted by Crippen LogP contribution is 2.50. The van der Waals surface area contributed by atoms with Gasteiger partial charge >= 0.3 is 0 Å². The third-order valence-electron chi connectivity index (χ3n) is 7.77. The van der Waals surface area contributed by atoms with Crippen LogP contribution in [0.4, 0.5) is 0 Å². The van der Waals surface area contributed by atoms with Crippen LogP contribution in [0.15, 0.2) is 186 Å². The zero-order valence-electron chi connectivity index (χ0n) is 46.0. The molecule has 0 amide bonds. The van der Waals surface area contributed by atoms with Gasteiger partial charge in [0.1, 0.15) is 11.3 Å². The molecule has 1 heterocycles. The van der Waals surface area contributed by atoms with Gasteiger partial charge in [-0.05, 0) is 73.1 Å². The van der Waals surface area contributed by atoms with Crippen LogP contribution in [0.5, 0.6) is 0 Å². The van der Waals surface area contributed by atoms with Gasteiger partial charge in [0.25, 0.3) is 0 Å². The van der Waals surface area contributed by atoms with Crippen LogP contribution in [0, 0.1) is 0 Å². The number of benzene rings is 8. The maximum Gasteiger partial charge on any atom is 0.143 e. The summed E-state index contributed by atoms with van der Waals surface area (Å²) in [6.07, 6.45) is 0. The van der Waals surface area contributed by atoms with Gasteiger partial charge in [-0.2, -0.15) is 0 Å². The van der Waals surface area contributed by atoms with Gasteiger partial charge in [0.2, 0.25) is 0 Å². The molecule has 1 aromatic heterocycles. The van der Waals surface area contributed by atoms with Crippen molar-refractivity contribution >= 4 is 32.5 Å². The van der Waals surface area contributed by atoms with E-state index in [0.29, 0.717) is 0 Å². The number of fused-ring (bicyclic) bond motifs is 3. The van der Waals surface area contributed by atoms with Crippen molar-refractivity contribution < 1.29 is 34.6 Å². The fourth-order valence-electron chi connectivity index (χ4n) is 5.78. The summed E-state index contributed by atoms with van der Waals surface area (Å²) in [4.78, 5) is 0. The zero-order valence-corrected chi connectivity index (χ0v) is 24.0. The summed E-state index contributed by atoms with van der Waals surface area (Å²) in [6.45, 7) is 0. The summed E-state index contributed by atoms with van der Waals surface area (Å²) >= 11 is 0. The molecule has 0 saturated heterocycles. The molecule has 220 valence electrons. The van der Waals surface area contributed by atoms with Crippen molar-refractivity contribution in [1.82, 2.24) is 0 Å². The van der Waals surface area contributed by atoms with Crippen LogP contribution in [0.3, 0.4) is 0 Å². The van der Waals surface area contributed by atoms with Crippen molar-refractivity contribution in [2.75, 3.05) is 0 Å². The van der Waals surface area contributed by atoms with Crippen LogP contribution in [0.1, 0.15) is 30.2 Å². The highest BCUT2D eigenvalue weighted by Gasteiger charge is 2.24. The predicted molar refractivity (Wildman–Crippen MR) is 198 cm³/mol. The van der Waals surface area contributed by atoms with Crippen LogP contribution in [-0.4, -0.2) is 0 Å². The van der Waals surface area contributed by atoms with Gasteiger partial charge < -0.3 is 4.42 Å². The van der Waals surface area contributed by atoms with E-state index >= 15 is 0 Å². The fourth-order valence-corrected chi connectivity index (χ4v) is 5.78. The standard InChI is InChI=1S/C46H30O/c1-4-15-31(16-5-1)34-21-14-22-36(29-34)46-45(41-28-27-35(30-42(41)47-46)32-17-6-2-7-18-32)44-39-25-12-10-23-37(39)43(33-19-8-3-9-20-33)38-24-11-13-26-40(38)44/h1-30H/i2D,3D,6D,7D,8D,9D,10D,11D,12D,13D,14D,17D,18D,19D,20D,21D,22D,23D,24D,25D,26D,29D. The second-order valence-corrected chi connectivity index (χ2v) is 10.4. The molecule has 47 heavy (non-hydrogen) atoms. The highest BCUT2D eigenvalue weighted by atomic mass is 16.3. The third-order valence-corrected chi connectivity index (χ3v) is 7.77. The summed E-state index contributed by atoms with van der Waals surface area (Å²) < 4.78 is 203. The molecule has 0 radical (unpaired) electrons. The normalized spacial score (nSPS) is 18.0. The van der Waals surface area contributed by atoms with E-state index in [4.69, 9.17) is 26.3 Å². The average Bonchev–Trinajstić information content (AvgIpc) is 3.70. The topological polar surface area (TPSA) is 13.1 Å². The Morgan fingerprint density at radius 1 is 0.362 bits per heavy atom. The Morgan fingerprint density at radius 2 is 0.915 bits per heavy atom. The van der Waals surface area contributed by atoms with Crippen LogP contribution in [0.25, 0.3) is 88.3 Å². The van der Waals surface area contributed by atoms with Crippen molar-refractivity contribution in [2.24, 2.45) is 0 Å². The Labute approximate surface area is 304 Å². The molecule has 0 fully saturated rings. The molecule has 0 aliphatic heterocycles. The molecule has 1 heteroatoms. The lowest BCUT2D eigenvalue weighted by atomic mass is 9.84. The van der Waals surface area contributed by atoms with E-state index in [0.717, 1.165) is 0 Å². The SMILES string of the molecule is [2H]c1c([2H])c([2H])c(-c2ccc3c(-c4c5c([2H])c([2H])c([2H])c([2H])c5c(-c5c([2H])c([2H])c([2H])c([2H])c5[2H])c5c([2H])c([2H])c([2H])c([2H])c45)c(-c4c([2H])c([2H])c([2H])c(-c5ccccc5)c4[2H])oc3c2)c([2H])c1[2H]. The zero-order chi connectivity index (χ0) is 50.3. The molecule has 0 aliphatic rings. The second kappa shape index (κ2) is 11.3. The van der Waals surface area contributed by atoms with Crippen molar-refractivity contribution in [3.05, 3.63) is 181 Å². The Kier molecular flexibility index (Phi) is 3.11. The first-order chi connectivity index (χ1) is 32.5. The Balaban J connectivity index is 1.61. The molecule has 0 saturated carbocycles. The Hall–Kier alpha value is -6.18. The molecule has 0 spiro atoms. The molecule has 0 aliphatic carbocycles. The van der Waals surface area contributed by atoms with E-state index in [-0.39, 0.29) is 38.8 Å². The van der Waals surface area contributed by atoms with Crippen molar-refractivity contribution in [3.8, 4) is 55.8 Å². The lowest BCUT2D eigenvalue weighted by Gasteiger charge is -2.18. The molecule has 8 aromatic carbocycles. The van der Waals surface area contributed by atoms with Crippen LogP contribution in [0.2, 0.25) is 0 Å². The number of hydrogen-bond donors (Lipinski definition) is 0. The van der Waals surface area contributed by atoms with E-state index in [1.54, 1.807) is 30.3 Å². The average molecular weight is 621 g/mol. The minimum Gasteiger partial charge on any atom is -0.455 e. The summed E-state index contributed by atoms with van der Waals surface area (Å²) in [6, 6.07) is -4.67. The van der Waals surface area contributed by atoms with E-state index in [1.807, 2.05) is 0 Å². The van der Waals surface area contributed by atoms with Crippen molar-refractivity contribution in [2.45, 2.75) is 0 Å². The molecular formula is C46H30O. The number of furan rings is 1. The largest absolute Gasteiger partial charge is 0.455 e. The molecule has 0 unspecified atom stereocenters. The second-order valence-electron chi connectivity index (χ2n) is 10.4. The van der Waals surface area contributed by atoms with Gasteiger partial charge in [0.05, 0.1) is 30.2 Å². The molecule has 9 rings (SSSR count). The summed E-state index contributed by atoms with van der Waals surface area (Å²) in [7, 11) is 0. The molecule has 0 atom stereocenters. The third kappa shape index (κ3) is 4.64. The molecule has 1 nitrogen and oxygen atoms in total.